The van der Waals surface area contributed by atoms with Crippen LogP contribution in [0.1, 0.15) is 23.2 Å². The van der Waals surface area contributed by atoms with Crippen molar-refractivity contribution in [3.63, 3.8) is 0 Å². The maximum absolute atomic E-state index is 12.6. The van der Waals surface area contributed by atoms with Crippen LogP contribution >= 0.6 is 12.2 Å². The van der Waals surface area contributed by atoms with E-state index in [0.717, 1.165) is 12.8 Å². The molecule has 2 N–H and O–H groups in total. The summed E-state index contributed by atoms with van der Waals surface area (Å²) in [5.74, 6) is 1.24. The van der Waals surface area contributed by atoms with Crippen molar-refractivity contribution in [3.8, 4) is 11.5 Å². The molecule has 6 heteroatoms. The Hall–Kier alpha value is -1.82. The molecule has 1 amide bonds. The van der Waals surface area contributed by atoms with E-state index in [4.69, 9.17) is 27.4 Å². The Bertz CT molecular complexity index is 561. The first-order valence-corrected chi connectivity index (χ1v) is 7.07. The van der Waals surface area contributed by atoms with Crippen LogP contribution in [0, 0.1) is 0 Å². The van der Waals surface area contributed by atoms with E-state index < -0.39 is 0 Å². The minimum Gasteiger partial charge on any atom is -0.486 e. The average Bonchev–Trinajstić information content (AvgIpc) is 2.95. The quantitative estimate of drug-likeness (QED) is 0.834. The van der Waals surface area contributed by atoms with E-state index in [1.807, 2.05) is 0 Å². The molecule has 0 aromatic heterocycles. The second-order valence-corrected chi connectivity index (χ2v) is 5.39. The lowest BCUT2D eigenvalue weighted by Crippen LogP contribution is -2.42. The lowest BCUT2D eigenvalue weighted by atomic mass is 10.1. The molecule has 0 saturated carbocycles. The molecule has 1 fully saturated rings. The minimum absolute atomic E-state index is 0.0581. The topological polar surface area (TPSA) is 64.8 Å². The van der Waals surface area contributed by atoms with Gasteiger partial charge in [-0.3, -0.25) is 4.79 Å². The fourth-order valence-corrected chi connectivity index (χ4v) is 2.89. The Kier molecular flexibility index (Phi) is 3.48. The van der Waals surface area contributed by atoms with Crippen LogP contribution in [-0.4, -0.2) is 41.6 Å². The number of carbonyl (C=O) groups is 1. The minimum atomic E-state index is -0.134. The van der Waals surface area contributed by atoms with E-state index in [9.17, 15) is 4.79 Å². The molecule has 2 aliphatic rings. The monoisotopic (exact) mass is 292 g/mol. The number of likely N-dealkylation sites (tertiary alicyclic amines) is 1. The summed E-state index contributed by atoms with van der Waals surface area (Å²) in [5, 5.41) is 0. The number of carbonyl (C=O) groups excluding carboxylic acids is 1. The molecule has 1 saturated heterocycles. The molecule has 1 aromatic carbocycles. The van der Waals surface area contributed by atoms with Gasteiger partial charge in [-0.1, -0.05) is 12.2 Å². The summed E-state index contributed by atoms with van der Waals surface area (Å²) >= 11 is 5.04. The zero-order chi connectivity index (χ0) is 14.1. The molecule has 2 aliphatic heterocycles. The predicted molar refractivity (Wildman–Crippen MR) is 78.3 cm³/mol. The van der Waals surface area contributed by atoms with Gasteiger partial charge in [-0.25, -0.2) is 0 Å². The summed E-state index contributed by atoms with van der Waals surface area (Å²) in [6.07, 6.45) is 1.77. The zero-order valence-electron chi connectivity index (χ0n) is 11.0. The van der Waals surface area contributed by atoms with Gasteiger partial charge >= 0.3 is 0 Å². The van der Waals surface area contributed by atoms with Gasteiger partial charge in [0, 0.05) is 12.1 Å². The van der Waals surface area contributed by atoms with Crippen molar-refractivity contribution >= 4 is 23.1 Å². The lowest BCUT2D eigenvalue weighted by molar-refractivity contribution is 0.0769. The van der Waals surface area contributed by atoms with Crippen LogP contribution in [0.4, 0.5) is 0 Å². The summed E-state index contributed by atoms with van der Waals surface area (Å²) in [5.41, 5.74) is 6.29. The third-order valence-corrected chi connectivity index (χ3v) is 3.90. The molecule has 1 unspecified atom stereocenters. The molecular weight excluding hydrogens is 276 g/mol. The number of nitrogens with zero attached hydrogens (tertiary/aromatic N) is 1. The number of amides is 1. The van der Waals surface area contributed by atoms with Gasteiger partial charge in [0.2, 0.25) is 0 Å². The molecular formula is C14H16N2O3S. The van der Waals surface area contributed by atoms with Crippen LogP contribution in [0.15, 0.2) is 18.2 Å². The number of thiocarbonyl (C=S) groups is 1. The lowest BCUT2D eigenvalue weighted by Gasteiger charge is -2.25. The smallest absolute Gasteiger partial charge is 0.254 e. The first kappa shape index (κ1) is 13.2. The van der Waals surface area contributed by atoms with Crippen molar-refractivity contribution in [2.24, 2.45) is 5.73 Å². The molecule has 1 aromatic rings. The second kappa shape index (κ2) is 5.28. The number of ether oxygens (including phenoxy) is 2. The number of hydrogen-bond acceptors (Lipinski definition) is 4. The van der Waals surface area contributed by atoms with E-state index >= 15 is 0 Å². The fraction of sp³-hybridized carbons (Fsp3) is 0.429. The number of rotatable bonds is 2. The van der Waals surface area contributed by atoms with E-state index in [2.05, 4.69) is 0 Å². The van der Waals surface area contributed by atoms with Gasteiger partial charge in [0.25, 0.3) is 5.91 Å². The normalized spacial score (nSPS) is 20.8. The van der Waals surface area contributed by atoms with Gasteiger partial charge in [-0.2, -0.15) is 0 Å². The van der Waals surface area contributed by atoms with E-state index in [1.54, 1.807) is 23.1 Å². The summed E-state index contributed by atoms with van der Waals surface area (Å²) in [6.45, 7) is 1.73. The fourth-order valence-electron chi connectivity index (χ4n) is 2.65. The van der Waals surface area contributed by atoms with E-state index in [-0.39, 0.29) is 11.9 Å². The summed E-state index contributed by atoms with van der Waals surface area (Å²) < 4.78 is 11.0. The van der Waals surface area contributed by atoms with E-state index in [1.165, 1.54) is 0 Å². The van der Waals surface area contributed by atoms with Gasteiger partial charge in [0.05, 0.1) is 11.0 Å². The SMILES string of the molecule is NC(=S)C1CCCN1C(=O)c1ccc2c(c1)OCCO2. The molecule has 1 atom stereocenters. The Morgan fingerprint density at radius 2 is 2.05 bits per heavy atom. The maximum atomic E-state index is 12.6. The van der Waals surface area contributed by atoms with Gasteiger partial charge < -0.3 is 20.1 Å². The Balaban J connectivity index is 1.85. The van der Waals surface area contributed by atoms with Gasteiger partial charge in [0.15, 0.2) is 11.5 Å². The molecule has 0 spiro atoms. The van der Waals surface area contributed by atoms with Crippen LogP contribution in [-0.2, 0) is 0 Å². The van der Waals surface area contributed by atoms with Crippen molar-refractivity contribution in [1.82, 2.24) is 4.90 Å². The number of fused-ring (bicyclic) bond motifs is 1. The van der Waals surface area contributed by atoms with Gasteiger partial charge in [-0.05, 0) is 31.0 Å². The Labute approximate surface area is 122 Å². The number of nitrogens with two attached hydrogens (primary N) is 1. The van der Waals surface area contributed by atoms with Crippen LogP contribution in [0.5, 0.6) is 11.5 Å². The molecule has 0 aliphatic carbocycles. The van der Waals surface area contributed by atoms with Gasteiger partial charge in [-0.15, -0.1) is 0 Å². The largest absolute Gasteiger partial charge is 0.486 e. The molecule has 5 nitrogen and oxygen atoms in total. The molecule has 2 heterocycles. The average molecular weight is 292 g/mol. The molecule has 3 rings (SSSR count). The summed E-state index contributed by atoms with van der Waals surface area (Å²) in [7, 11) is 0. The van der Waals surface area contributed by atoms with Crippen molar-refractivity contribution in [2.75, 3.05) is 19.8 Å². The zero-order valence-corrected chi connectivity index (χ0v) is 11.8. The van der Waals surface area contributed by atoms with Crippen LogP contribution < -0.4 is 15.2 Å². The number of hydrogen-bond donors (Lipinski definition) is 1. The highest BCUT2D eigenvalue weighted by molar-refractivity contribution is 7.80. The first-order chi connectivity index (χ1) is 9.66. The number of benzene rings is 1. The summed E-state index contributed by atoms with van der Waals surface area (Å²) in [4.78, 5) is 14.7. The first-order valence-electron chi connectivity index (χ1n) is 6.67. The van der Waals surface area contributed by atoms with Gasteiger partial charge in [0.1, 0.15) is 13.2 Å². The molecule has 106 valence electrons. The van der Waals surface area contributed by atoms with Crippen molar-refractivity contribution in [2.45, 2.75) is 18.9 Å². The maximum Gasteiger partial charge on any atom is 0.254 e. The van der Waals surface area contributed by atoms with Crippen molar-refractivity contribution in [1.29, 1.82) is 0 Å². The third-order valence-electron chi connectivity index (χ3n) is 3.63. The highest BCUT2D eigenvalue weighted by Crippen LogP contribution is 2.32. The molecule has 0 radical (unpaired) electrons. The van der Waals surface area contributed by atoms with Crippen LogP contribution in [0.3, 0.4) is 0 Å². The highest BCUT2D eigenvalue weighted by atomic mass is 32.1. The molecule has 20 heavy (non-hydrogen) atoms. The van der Waals surface area contributed by atoms with Crippen LogP contribution in [0.25, 0.3) is 0 Å². The van der Waals surface area contributed by atoms with E-state index in [0.29, 0.717) is 41.8 Å². The Morgan fingerprint density at radius 3 is 2.80 bits per heavy atom. The van der Waals surface area contributed by atoms with Crippen molar-refractivity contribution < 1.29 is 14.3 Å². The highest BCUT2D eigenvalue weighted by Gasteiger charge is 2.31. The third kappa shape index (κ3) is 2.31. The predicted octanol–water partition coefficient (Wildman–Crippen LogP) is 1.35. The standard InChI is InChI=1S/C14H16N2O3S/c15-13(20)10-2-1-5-16(10)14(17)9-3-4-11-12(8-9)19-7-6-18-11/h3-4,8,10H,1-2,5-7H2,(H2,15,20). The second-order valence-electron chi connectivity index (χ2n) is 4.92. The van der Waals surface area contributed by atoms with Crippen LogP contribution in [0.2, 0.25) is 0 Å². The van der Waals surface area contributed by atoms with Crippen molar-refractivity contribution in [3.05, 3.63) is 23.8 Å². The molecule has 0 bridgehead atoms. The summed E-state index contributed by atoms with van der Waals surface area (Å²) in [6, 6.07) is 5.12. The Morgan fingerprint density at radius 1 is 1.30 bits per heavy atom.